The number of halogens is 2. The van der Waals surface area contributed by atoms with Gasteiger partial charge in [-0.25, -0.2) is 0 Å². The SMILES string of the molecule is O=Cc1sc2c(Br)cccc2c1CBr. The van der Waals surface area contributed by atoms with Gasteiger partial charge in [0.1, 0.15) is 0 Å². The average molecular weight is 334 g/mol. The van der Waals surface area contributed by atoms with E-state index in [-0.39, 0.29) is 0 Å². The van der Waals surface area contributed by atoms with E-state index in [1.165, 1.54) is 11.3 Å². The first-order valence-electron chi connectivity index (χ1n) is 3.99. The van der Waals surface area contributed by atoms with Crippen LogP contribution >= 0.6 is 43.2 Å². The third-order valence-electron chi connectivity index (χ3n) is 2.04. The Bertz CT molecular complexity index is 490. The summed E-state index contributed by atoms with van der Waals surface area (Å²) in [5.74, 6) is 0. The van der Waals surface area contributed by atoms with Crippen molar-refractivity contribution in [2.24, 2.45) is 0 Å². The molecule has 0 atom stereocenters. The van der Waals surface area contributed by atoms with Crippen molar-refractivity contribution in [3.63, 3.8) is 0 Å². The van der Waals surface area contributed by atoms with Crippen molar-refractivity contribution in [3.8, 4) is 0 Å². The van der Waals surface area contributed by atoms with Gasteiger partial charge in [-0.2, -0.15) is 0 Å². The summed E-state index contributed by atoms with van der Waals surface area (Å²) in [6.07, 6.45) is 0.924. The molecule has 0 spiro atoms. The van der Waals surface area contributed by atoms with Gasteiger partial charge in [0.15, 0.2) is 6.29 Å². The molecule has 0 aliphatic rings. The minimum Gasteiger partial charge on any atom is -0.297 e. The molecule has 0 N–H and O–H groups in total. The fourth-order valence-corrected chi connectivity index (χ4v) is 3.83. The molecule has 0 fully saturated rings. The number of thiophene rings is 1. The number of carbonyl (C=O) groups is 1. The summed E-state index contributed by atoms with van der Waals surface area (Å²) in [7, 11) is 0. The topological polar surface area (TPSA) is 17.1 Å². The van der Waals surface area contributed by atoms with Crippen LogP contribution < -0.4 is 0 Å². The Morgan fingerprint density at radius 2 is 2.21 bits per heavy atom. The number of carbonyl (C=O) groups excluding carboxylic acids is 1. The highest BCUT2D eigenvalue weighted by Gasteiger charge is 2.11. The number of alkyl halides is 1. The van der Waals surface area contributed by atoms with E-state index >= 15 is 0 Å². The van der Waals surface area contributed by atoms with Gasteiger partial charge < -0.3 is 0 Å². The number of hydrogen-bond donors (Lipinski definition) is 0. The van der Waals surface area contributed by atoms with Crippen LogP contribution in [0.25, 0.3) is 10.1 Å². The van der Waals surface area contributed by atoms with Crippen LogP contribution in [-0.4, -0.2) is 6.29 Å². The second kappa shape index (κ2) is 4.13. The highest BCUT2D eigenvalue weighted by molar-refractivity contribution is 9.10. The molecule has 0 unspecified atom stereocenters. The van der Waals surface area contributed by atoms with Crippen molar-refractivity contribution in [2.45, 2.75) is 5.33 Å². The molecule has 1 nitrogen and oxygen atoms in total. The number of aldehydes is 1. The van der Waals surface area contributed by atoms with Crippen LogP contribution in [0.15, 0.2) is 22.7 Å². The second-order valence-electron chi connectivity index (χ2n) is 2.81. The Balaban J connectivity index is 2.86. The second-order valence-corrected chi connectivity index (χ2v) is 5.28. The Kier molecular flexibility index (Phi) is 3.04. The summed E-state index contributed by atoms with van der Waals surface area (Å²) in [6, 6.07) is 6.02. The highest BCUT2D eigenvalue weighted by atomic mass is 79.9. The molecular formula is C10H6Br2OS. The van der Waals surface area contributed by atoms with Gasteiger partial charge in [0.05, 0.1) is 4.88 Å². The van der Waals surface area contributed by atoms with E-state index in [0.717, 1.165) is 36.6 Å². The van der Waals surface area contributed by atoms with Gasteiger partial charge in [0.2, 0.25) is 0 Å². The molecule has 0 saturated carbocycles. The van der Waals surface area contributed by atoms with Gasteiger partial charge in [-0.1, -0.05) is 28.1 Å². The normalized spacial score (nSPS) is 10.7. The predicted molar refractivity (Wildman–Crippen MR) is 67.5 cm³/mol. The quantitative estimate of drug-likeness (QED) is 0.589. The number of benzene rings is 1. The maximum absolute atomic E-state index is 10.8. The Hall–Kier alpha value is -0.190. The van der Waals surface area contributed by atoms with Gasteiger partial charge in [-0.3, -0.25) is 4.79 Å². The molecule has 0 radical (unpaired) electrons. The summed E-state index contributed by atoms with van der Waals surface area (Å²) in [5.41, 5.74) is 1.08. The summed E-state index contributed by atoms with van der Waals surface area (Å²) >= 11 is 8.42. The third-order valence-corrected chi connectivity index (χ3v) is 4.73. The lowest BCUT2D eigenvalue weighted by Gasteiger charge is -1.94. The van der Waals surface area contributed by atoms with Crippen molar-refractivity contribution in [3.05, 3.63) is 33.1 Å². The summed E-state index contributed by atoms with van der Waals surface area (Å²) in [4.78, 5) is 11.7. The minimum absolute atomic E-state index is 0.720. The van der Waals surface area contributed by atoms with Crippen molar-refractivity contribution >= 4 is 59.6 Å². The van der Waals surface area contributed by atoms with Crippen LogP contribution in [0.4, 0.5) is 0 Å². The molecular weight excluding hydrogens is 328 g/mol. The van der Waals surface area contributed by atoms with E-state index in [1.54, 1.807) is 0 Å². The average Bonchev–Trinajstić information content (AvgIpc) is 2.57. The molecule has 0 bridgehead atoms. The lowest BCUT2D eigenvalue weighted by atomic mass is 10.1. The smallest absolute Gasteiger partial charge is 0.160 e. The Morgan fingerprint density at radius 1 is 1.43 bits per heavy atom. The molecule has 0 aliphatic heterocycles. The van der Waals surface area contributed by atoms with Gasteiger partial charge in [-0.15, -0.1) is 11.3 Å². The lowest BCUT2D eigenvalue weighted by molar-refractivity contribution is 0.112. The van der Waals surface area contributed by atoms with Gasteiger partial charge in [0.25, 0.3) is 0 Å². The predicted octanol–water partition coefficient (Wildman–Crippen LogP) is 4.37. The largest absolute Gasteiger partial charge is 0.297 e. The monoisotopic (exact) mass is 332 g/mol. The number of rotatable bonds is 2. The molecule has 1 aromatic heterocycles. The summed E-state index contributed by atoms with van der Waals surface area (Å²) in [6.45, 7) is 0. The van der Waals surface area contributed by atoms with Gasteiger partial charge >= 0.3 is 0 Å². The van der Waals surface area contributed by atoms with Gasteiger partial charge in [0, 0.05) is 14.5 Å². The third kappa shape index (κ3) is 1.55. The zero-order valence-electron chi connectivity index (χ0n) is 7.09. The molecule has 2 rings (SSSR count). The first kappa shape index (κ1) is 10.3. The molecule has 1 aromatic carbocycles. The van der Waals surface area contributed by atoms with Crippen molar-refractivity contribution in [1.29, 1.82) is 0 Å². The lowest BCUT2D eigenvalue weighted by Crippen LogP contribution is -1.80. The summed E-state index contributed by atoms with van der Waals surface area (Å²) < 4.78 is 2.19. The van der Waals surface area contributed by atoms with E-state index in [4.69, 9.17) is 0 Å². The van der Waals surface area contributed by atoms with Crippen LogP contribution in [-0.2, 0) is 5.33 Å². The van der Waals surface area contributed by atoms with Crippen molar-refractivity contribution in [1.82, 2.24) is 0 Å². The van der Waals surface area contributed by atoms with E-state index in [0.29, 0.717) is 0 Å². The summed E-state index contributed by atoms with van der Waals surface area (Å²) in [5, 5.41) is 1.88. The molecule has 0 amide bonds. The van der Waals surface area contributed by atoms with Crippen molar-refractivity contribution < 1.29 is 4.79 Å². The molecule has 0 saturated heterocycles. The van der Waals surface area contributed by atoms with Gasteiger partial charge in [-0.05, 0) is 32.9 Å². The van der Waals surface area contributed by atoms with E-state index in [2.05, 4.69) is 31.9 Å². The zero-order chi connectivity index (χ0) is 10.1. The van der Waals surface area contributed by atoms with Crippen molar-refractivity contribution in [2.75, 3.05) is 0 Å². The first-order valence-corrected chi connectivity index (χ1v) is 6.72. The van der Waals surface area contributed by atoms with E-state index < -0.39 is 0 Å². The van der Waals surface area contributed by atoms with E-state index in [9.17, 15) is 4.79 Å². The maximum atomic E-state index is 10.8. The molecule has 2 aromatic rings. The molecule has 72 valence electrons. The van der Waals surface area contributed by atoms with E-state index in [1.807, 2.05) is 18.2 Å². The first-order chi connectivity index (χ1) is 6.77. The van der Waals surface area contributed by atoms with Crippen LogP contribution in [0, 0.1) is 0 Å². The molecule has 1 heterocycles. The van der Waals surface area contributed by atoms with Crippen LogP contribution in [0.1, 0.15) is 15.2 Å². The molecule has 4 heteroatoms. The fourth-order valence-electron chi connectivity index (χ4n) is 1.39. The fraction of sp³-hybridized carbons (Fsp3) is 0.100. The maximum Gasteiger partial charge on any atom is 0.160 e. The number of fused-ring (bicyclic) bond motifs is 1. The molecule has 0 aliphatic carbocycles. The minimum atomic E-state index is 0.720. The number of hydrogen-bond acceptors (Lipinski definition) is 2. The standard InChI is InChI=1S/C10H6Br2OS/c11-4-7-6-2-1-3-8(12)10(6)14-9(7)5-13/h1-3,5H,4H2. The Labute approximate surface area is 102 Å². The van der Waals surface area contributed by atoms with Crippen LogP contribution in [0.5, 0.6) is 0 Å². The highest BCUT2D eigenvalue weighted by Crippen LogP contribution is 2.36. The van der Waals surface area contributed by atoms with Crippen LogP contribution in [0.2, 0.25) is 0 Å². The Morgan fingerprint density at radius 3 is 2.86 bits per heavy atom. The van der Waals surface area contributed by atoms with Crippen LogP contribution in [0.3, 0.4) is 0 Å². The molecule has 14 heavy (non-hydrogen) atoms. The zero-order valence-corrected chi connectivity index (χ0v) is 11.1.